The van der Waals surface area contributed by atoms with Gasteiger partial charge in [-0.2, -0.15) is 0 Å². The van der Waals surface area contributed by atoms with E-state index in [1.807, 2.05) is 0 Å². The molecule has 0 heterocycles. The fourth-order valence-corrected chi connectivity index (χ4v) is 7.65. The zero-order chi connectivity index (χ0) is 16.4. The highest BCUT2D eigenvalue weighted by molar-refractivity contribution is 5.93. The van der Waals surface area contributed by atoms with Crippen LogP contribution in [-0.4, -0.2) is 11.6 Å². The maximum atomic E-state index is 13.2. The molecule has 4 fully saturated rings. The van der Waals surface area contributed by atoms with Crippen LogP contribution < -0.4 is 0 Å². The molecule has 0 bridgehead atoms. The predicted molar refractivity (Wildman–Crippen MR) is 90.9 cm³/mol. The first kappa shape index (κ1) is 15.8. The molecule has 0 saturated heterocycles. The number of hydrogen-bond acceptors (Lipinski definition) is 2. The molecular formula is C21H32O2. The van der Waals surface area contributed by atoms with E-state index in [1.165, 1.54) is 38.5 Å². The van der Waals surface area contributed by atoms with Gasteiger partial charge in [0.15, 0.2) is 0 Å². The fraction of sp³-hybridized carbons (Fsp3) is 0.905. The standard InChI is InChI=1S/C21H32O2/c1-13(22)16-9-10-17-15-8-7-14-6-4-5-11-20(14,2)18(15)12-19(23)21(16,17)3/h14-18H,4-12H2,1-3H3/t14?,15?,16-,17?,18?,20?,21-/m1/s1. The molecule has 23 heavy (non-hydrogen) atoms. The molecule has 2 nitrogen and oxygen atoms in total. The van der Waals surface area contributed by atoms with Crippen molar-refractivity contribution in [1.29, 1.82) is 0 Å². The molecule has 0 N–H and O–H groups in total. The van der Waals surface area contributed by atoms with Crippen LogP contribution in [0.15, 0.2) is 0 Å². The van der Waals surface area contributed by atoms with Crippen molar-refractivity contribution >= 4 is 11.6 Å². The fourth-order valence-electron chi connectivity index (χ4n) is 7.65. The first-order valence-electron chi connectivity index (χ1n) is 9.92. The lowest BCUT2D eigenvalue weighted by molar-refractivity contribution is -0.158. The van der Waals surface area contributed by atoms with Crippen LogP contribution in [0.5, 0.6) is 0 Å². The van der Waals surface area contributed by atoms with Gasteiger partial charge in [-0.15, -0.1) is 0 Å². The zero-order valence-corrected chi connectivity index (χ0v) is 15.1. The number of carbonyl (C=O) groups is 2. The molecule has 0 radical (unpaired) electrons. The maximum absolute atomic E-state index is 13.2. The van der Waals surface area contributed by atoms with Crippen molar-refractivity contribution < 1.29 is 9.59 Å². The number of ketones is 2. The van der Waals surface area contributed by atoms with E-state index in [4.69, 9.17) is 0 Å². The van der Waals surface area contributed by atoms with Crippen LogP contribution in [0.2, 0.25) is 0 Å². The molecule has 7 atom stereocenters. The van der Waals surface area contributed by atoms with Gasteiger partial charge < -0.3 is 0 Å². The molecule has 0 amide bonds. The molecule has 0 spiro atoms. The number of hydrogen-bond donors (Lipinski definition) is 0. The van der Waals surface area contributed by atoms with Crippen LogP contribution >= 0.6 is 0 Å². The third-order valence-electron chi connectivity index (χ3n) is 8.94. The molecule has 4 aliphatic carbocycles. The van der Waals surface area contributed by atoms with Gasteiger partial charge in [-0.1, -0.05) is 26.7 Å². The Kier molecular flexibility index (Phi) is 3.56. The lowest BCUT2D eigenvalue weighted by Gasteiger charge is -2.59. The minimum atomic E-state index is -0.342. The molecule has 0 aromatic rings. The Morgan fingerprint density at radius 2 is 1.78 bits per heavy atom. The molecule has 4 rings (SSSR count). The second-order valence-electron chi connectivity index (χ2n) is 9.55. The van der Waals surface area contributed by atoms with E-state index >= 15 is 0 Å². The topological polar surface area (TPSA) is 34.1 Å². The van der Waals surface area contributed by atoms with Crippen LogP contribution in [0.1, 0.15) is 78.6 Å². The Balaban J connectivity index is 1.70. The van der Waals surface area contributed by atoms with Crippen LogP contribution in [-0.2, 0) is 9.59 Å². The van der Waals surface area contributed by atoms with E-state index in [0.717, 1.165) is 25.2 Å². The van der Waals surface area contributed by atoms with Gasteiger partial charge in [0.2, 0.25) is 0 Å². The van der Waals surface area contributed by atoms with E-state index in [2.05, 4.69) is 13.8 Å². The van der Waals surface area contributed by atoms with Crippen LogP contribution in [0, 0.1) is 40.4 Å². The van der Waals surface area contributed by atoms with Crippen molar-refractivity contribution in [2.45, 2.75) is 78.6 Å². The summed E-state index contributed by atoms with van der Waals surface area (Å²) >= 11 is 0. The van der Waals surface area contributed by atoms with Crippen molar-refractivity contribution in [3.63, 3.8) is 0 Å². The summed E-state index contributed by atoms with van der Waals surface area (Å²) in [5.41, 5.74) is 0.0529. The largest absolute Gasteiger partial charge is 0.300 e. The molecule has 2 heteroatoms. The molecule has 0 aromatic carbocycles. The lowest BCUT2D eigenvalue weighted by atomic mass is 9.44. The molecule has 4 aliphatic rings. The Hall–Kier alpha value is -0.660. The van der Waals surface area contributed by atoms with Crippen molar-refractivity contribution in [1.82, 2.24) is 0 Å². The highest BCUT2D eigenvalue weighted by Gasteiger charge is 2.63. The third kappa shape index (κ3) is 1.99. The van der Waals surface area contributed by atoms with Gasteiger partial charge in [0.1, 0.15) is 11.6 Å². The highest BCUT2D eigenvalue weighted by atomic mass is 16.1. The summed E-state index contributed by atoms with van der Waals surface area (Å²) in [7, 11) is 0. The second-order valence-corrected chi connectivity index (χ2v) is 9.55. The Morgan fingerprint density at radius 3 is 2.52 bits per heavy atom. The van der Waals surface area contributed by atoms with E-state index in [1.54, 1.807) is 6.92 Å². The van der Waals surface area contributed by atoms with Gasteiger partial charge in [-0.25, -0.2) is 0 Å². The average Bonchev–Trinajstić information content (AvgIpc) is 2.87. The SMILES string of the molecule is CC(=O)[C@H]1CCC2C3CCC4CCCCC4(C)C3CC(=O)[C@@]21C. The molecule has 0 aromatic heterocycles. The first-order chi connectivity index (χ1) is 10.9. The summed E-state index contributed by atoms with van der Waals surface area (Å²) in [5.74, 6) is 3.28. The van der Waals surface area contributed by atoms with Crippen molar-refractivity contribution in [3.05, 3.63) is 0 Å². The molecule has 128 valence electrons. The van der Waals surface area contributed by atoms with Gasteiger partial charge in [0.25, 0.3) is 0 Å². The zero-order valence-electron chi connectivity index (χ0n) is 15.1. The predicted octanol–water partition coefficient (Wildman–Crippen LogP) is 4.80. The second kappa shape index (κ2) is 5.17. The summed E-state index contributed by atoms with van der Waals surface area (Å²) in [5, 5.41) is 0. The van der Waals surface area contributed by atoms with Gasteiger partial charge >= 0.3 is 0 Å². The van der Waals surface area contributed by atoms with Gasteiger partial charge in [0.05, 0.1) is 0 Å². The summed E-state index contributed by atoms with van der Waals surface area (Å²) in [6, 6.07) is 0. The third-order valence-corrected chi connectivity index (χ3v) is 8.94. The summed E-state index contributed by atoms with van der Waals surface area (Å²) in [6.07, 6.45) is 10.9. The number of Topliss-reactive ketones (excluding diaryl/α,β-unsaturated/α-hetero) is 2. The smallest absolute Gasteiger partial charge is 0.140 e. The molecular weight excluding hydrogens is 284 g/mol. The number of carbonyl (C=O) groups excluding carboxylic acids is 2. The summed E-state index contributed by atoms with van der Waals surface area (Å²) in [4.78, 5) is 25.4. The first-order valence-corrected chi connectivity index (χ1v) is 9.92. The van der Waals surface area contributed by atoms with Crippen molar-refractivity contribution in [2.24, 2.45) is 40.4 Å². The summed E-state index contributed by atoms with van der Waals surface area (Å²) in [6.45, 7) is 6.35. The van der Waals surface area contributed by atoms with E-state index in [-0.39, 0.29) is 17.1 Å². The monoisotopic (exact) mass is 316 g/mol. The minimum Gasteiger partial charge on any atom is -0.300 e. The number of fused-ring (bicyclic) bond motifs is 5. The van der Waals surface area contributed by atoms with E-state index in [9.17, 15) is 9.59 Å². The average molecular weight is 316 g/mol. The Bertz CT molecular complexity index is 538. The normalized spacial score (nSPS) is 52.5. The highest BCUT2D eigenvalue weighted by Crippen LogP contribution is 2.66. The van der Waals surface area contributed by atoms with Crippen molar-refractivity contribution in [2.75, 3.05) is 0 Å². The summed E-state index contributed by atoms with van der Waals surface area (Å²) < 4.78 is 0. The Morgan fingerprint density at radius 1 is 1.00 bits per heavy atom. The van der Waals surface area contributed by atoms with Crippen LogP contribution in [0.3, 0.4) is 0 Å². The van der Waals surface area contributed by atoms with E-state index < -0.39 is 0 Å². The van der Waals surface area contributed by atoms with Crippen LogP contribution in [0.25, 0.3) is 0 Å². The quantitative estimate of drug-likeness (QED) is 0.696. The van der Waals surface area contributed by atoms with Crippen molar-refractivity contribution in [3.8, 4) is 0 Å². The number of rotatable bonds is 1. The van der Waals surface area contributed by atoms with E-state index in [0.29, 0.717) is 29.0 Å². The lowest BCUT2D eigenvalue weighted by Crippen LogP contribution is -2.56. The maximum Gasteiger partial charge on any atom is 0.140 e. The minimum absolute atomic E-state index is 0.00200. The van der Waals surface area contributed by atoms with Gasteiger partial charge in [0, 0.05) is 17.8 Å². The van der Waals surface area contributed by atoms with Crippen LogP contribution in [0.4, 0.5) is 0 Å². The Labute approximate surface area is 140 Å². The molecule has 5 unspecified atom stereocenters. The molecule has 0 aliphatic heterocycles. The molecule has 4 saturated carbocycles. The van der Waals surface area contributed by atoms with Gasteiger partial charge in [-0.05, 0) is 74.5 Å². The van der Waals surface area contributed by atoms with Gasteiger partial charge in [-0.3, -0.25) is 9.59 Å².